The summed E-state index contributed by atoms with van der Waals surface area (Å²) in [7, 11) is 1.36. The van der Waals surface area contributed by atoms with Crippen molar-refractivity contribution in [3.05, 3.63) is 33.9 Å². The van der Waals surface area contributed by atoms with Crippen LogP contribution in [-0.2, 0) is 10.9 Å². The summed E-state index contributed by atoms with van der Waals surface area (Å²) < 4.78 is 43.3. The molecule has 0 heterocycles. The molecule has 0 aliphatic rings. The summed E-state index contributed by atoms with van der Waals surface area (Å²) in [6, 6.07) is 2.57. The number of aliphatic imine (C=N–C) groups is 1. The van der Waals surface area contributed by atoms with Gasteiger partial charge < -0.3 is 4.74 Å². The summed E-state index contributed by atoms with van der Waals surface area (Å²) in [6.07, 6.45) is -4.82. The first-order chi connectivity index (χ1) is 9.16. The molecule has 0 radical (unpaired) electrons. The molecule has 0 spiro atoms. The van der Waals surface area contributed by atoms with Crippen LogP contribution in [0.2, 0.25) is 0 Å². The monoisotopic (exact) mass is 290 g/mol. The Morgan fingerprint density at radius 2 is 2.00 bits per heavy atom. The highest BCUT2D eigenvalue weighted by atomic mass is 19.4. The smallest absolute Gasteiger partial charge is 0.423 e. The van der Waals surface area contributed by atoms with Crippen molar-refractivity contribution in [1.29, 1.82) is 0 Å². The summed E-state index contributed by atoms with van der Waals surface area (Å²) >= 11 is 0. The van der Waals surface area contributed by atoms with Crippen molar-refractivity contribution >= 4 is 17.3 Å². The third kappa shape index (κ3) is 3.69. The first-order valence-corrected chi connectivity index (χ1v) is 5.65. The average Bonchev–Trinajstić information content (AvgIpc) is 2.34. The van der Waals surface area contributed by atoms with Gasteiger partial charge in [0.1, 0.15) is 5.56 Å². The van der Waals surface area contributed by atoms with Gasteiger partial charge in [0.15, 0.2) is 5.90 Å². The van der Waals surface area contributed by atoms with E-state index in [1.165, 1.54) is 7.11 Å². The van der Waals surface area contributed by atoms with Gasteiger partial charge in [-0.3, -0.25) is 10.1 Å². The number of nitrogens with zero attached hydrogens (tertiary/aromatic N) is 2. The minimum absolute atomic E-state index is 0.0477. The lowest BCUT2D eigenvalue weighted by Gasteiger charge is -2.10. The predicted octanol–water partition coefficient (Wildman–Crippen LogP) is 3.95. The molecule has 0 fully saturated rings. The molecule has 0 N–H and O–H groups in total. The van der Waals surface area contributed by atoms with Crippen molar-refractivity contribution in [3.63, 3.8) is 0 Å². The molecule has 1 rings (SSSR count). The van der Waals surface area contributed by atoms with E-state index in [1.807, 2.05) is 0 Å². The van der Waals surface area contributed by atoms with Crippen LogP contribution in [-0.4, -0.2) is 17.9 Å². The van der Waals surface area contributed by atoms with Gasteiger partial charge in [0.2, 0.25) is 0 Å². The normalized spacial score (nSPS) is 12.7. The zero-order valence-electron chi connectivity index (χ0n) is 11.1. The zero-order chi connectivity index (χ0) is 15.5. The summed E-state index contributed by atoms with van der Waals surface area (Å²) in [5, 5.41) is 10.6. The third-order valence-corrected chi connectivity index (χ3v) is 2.42. The second-order valence-corrected chi connectivity index (χ2v) is 4.27. The Morgan fingerprint density at radius 3 is 2.40 bits per heavy atom. The fraction of sp³-hybridized carbons (Fsp3) is 0.417. The average molecular weight is 290 g/mol. The lowest BCUT2D eigenvalue weighted by molar-refractivity contribution is -0.388. The quantitative estimate of drug-likeness (QED) is 0.366. The van der Waals surface area contributed by atoms with E-state index in [4.69, 9.17) is 4.74 Å². The Bertz CT molecular complexity index is 539. The van der Waals surface area contributed by atoms with E-state index >= 15 is 0 Å². The molecule has 0 amide bonds. The van der Waals surface area contributed by atoms with Crippen LogP contribution in [0.3, 0.4) is 0 Å². The van der Waals surface area contributed by atoms with Crippen LogP contribution in [0.5, 0.6) is 0 Å². The third-order valence-electron chi connectivity index (χ3n) is 2.42. The van der Waals surface area contributed by atoms with Crippen molar-refractivity contribution < 1.29 is 22.8 Å². The van der Waals surface area contributed by atoms with Gasteiger partial charge in [0, 0.05) is 12.0 Å². The lowest BCUT2D eigenvalue weighted by atomic mass is 10.1. The maximum atomic E-state index is 12.8. The molecule has 0 bridgehead atoms. The first-order valence-electron chi connectivity index (χ1n) is 5.65. The predicted molar refractivity (Wildman–Crippen MR) is 67.0 cm³/mol. The van der Waals surface area contributed by atoms with Crippen LogP contribution in [0.15, 0.2) is 23.2 Å². The zero-order valence-corrected chi connectivity index (χ0v) is 11.1. The second-order valence-electron chi connectivity index (χ2n) is 4.27. The van der Waals surface area contributed by atoms with E-state index < -0.39 is 22.4 Å². The molecule has 0 saturated carbocycles. The fourth-order valence-corrected chi connectivity index (χ4v) is 1.52. The number of methoxy groups -OCH3 is 1. The van der Waals surface area contributed by atoms with Crippen LogP contribution in [0, 0.1) is 16.0 Å². The summed E-state index contributed by atoms with van der Waals surface area (Å²) in [6.45, 7) is 3.52. The molecule has 1 aromatic rings. The van der Waals surface area contributed by atoms with Gasteiger partial charge >= 0.3 is 6.18 Å². The molecule has 0 saturated heterocycles. The number of halogens is 3. The van der Waals surface area contributed by atoms with E-state index in [9.17, 15) is 23.3 Å². The van der Waals surface area contributed by atoms with E-state index in [0.717, 1.165) is 12.1 Å². The summed E-state index contributed by atoms with van der Waals surface area (Å²) in [5.41, 5.74) is -2.38. The molecule has 0 aromatic heterocycles. The Labute approximate surface area is 113 Å². The largest absolute Gasteiger partial charge is 0.484 e. The Kier molecular flexibility index (Phi) is 4.69. The summed E-state index contributed by atoms with van der Waals surface area (Å²) in [4.78, 5) is 13.5. The number of hydrogen-bond acceptors (Lipinski definition) is 4. The van der Waals surface area contributed by atoms with Crippen molar-refractivity contribution in [1.82, 2.24) is 0 Å². The Balaban J connectivity index is 3.37. The van der Waals surface area contributed by atoms with E-state index in [0.29, 0.717) is 6.07 Å². The van der Waals surface area contributed by atoms with Crippen molar-refractivity contribution in [2.75, 3.05) is 7.11 Å². The van der Waals surface area contributed by atoms with E-state index in [1.54, 1.807) is 13.8 Å². The highest BCUT2D eigenvalue weighted by molar-refractivity contribution is 5.81. The number of rotatable bonds is 3. The van der Waals surface area contributed by atoms with Crippen LogP contribution in [0.4, 0.5) is 24.5 Å². The minimum Gasteiger partial charge on any atom is -0.484 e. The molecule has 0 aliphatic carbocycles. The lowest BCUT2D eigenvalue weighted by Crippen LogP contribution is -2.10. The van der Waals surface area contributed by atoms with Gasteiger partial charge in [-0.1, -0.05) is 13.8 Å². The minimum atomic E-state index is -4.82. The van der Waals surface area contributed by atoms with Gasteiger partial charge in [-0.25, -0.2) is 4.99 Å². The molecule has 110 valence electrons. The molecule has 0 unspecified atom stereocenters. The second kappa shape index (κ2) is 5.89. The Hall–Kier alpha value is -2.12. The number of ether oxygens (including phenoxy) is 1. The SMILES string of the molecule is CO/C(=N\c1ccc([N+](=O)[O-])c(C(F)(F)F)c1)C(C)C. The first kappa shape index (κ1) is 15.9. The van der Waals surface area contributed by atoms with Crippen LogP contribution >= 0.6 is 0 Å². The van der Waals surface area contributed by atoms with E-state index in [-0.39, 0.29) is 17.5 Å². The van der Waals surface area contributed by atoms with Crippen LogP contribution in [0.25, 0.3) is 0 Å². The molecule has 0 atom stereocenters. The maximum absolute atomic E-state index is 12.8. The topological polar surface area (TPSA) is 64.7 Å². The van der Waals surface area contributed by atoms with Crippen LogP contribution < -0.4 is 0 Å². The molecule has 1 aromatic carbocycles. The molecule has 20 heavy (non-hydrogen) atoms. The highest BCUT2D eigenvalue weighted by Crippen LogP contribution is 2.38. The van der Waals surface area contributed by atoms with Crippen LogP contribution in [0.1, 0.15) is 19.4 Å². The van der Waals surface area contributed by atoms with E-state index in [2.05, 4.69) is 4.99 Å². The highest BCUT2D eigenvalue weighted by Gasteiger charge is 2.38. The number of hydrogen-bond donors (Lipinski definition) is 0. The van der Waals surface area contributed by atoms with Crippen molar-refractivity contribution in [3.8, 4) is 0 Å². The molecular weight excluding hydrogens is 277 g/mol. The number of nitro groups is 1. The number of alkyl halides is 3. The maximum Gasteiger partial charge on any atom is 0.423 e. The van der Waals surface area contributed by atoms with Gasteiger partial charge in [0.25, 0.3) is 5.69 Å². The Morgan fingerprint density at radius 1 is 1.40 bits per heavy atom. The summed E-state index contributed by atoms with van der Waals surface area (Å²) in [5.74, 6) is 0.122. The van der Waals surface area contributed by atoms with Gasteiger partial charge in [-0.15, -0.1) is 0 Å². The van der Waals surface area contributed by atoms with Gasteiger partial charge in [0.05, 0.1) is 17.7 Å². The molecular formula is C12H13F3N2O3. The fourth-order valence-electron chi connectivity index (χ4n) is 1.52. The van der Waals surface area contributed by atoms with Gasteiger partial charge in [-0.2, -0.15) is 13.2 Å². The molecule has 0 aliphatic heterocycles. The van der Waals surface area contributed by atoms with Gasteiger partial charge in [-0.05, 0) is 12.1 Å². The number of nitro benzene ring substituents is 1. The molecule has 5 nitrogen and oxygen atoms in total. The van der Waals surface area contributed by atoms with Crippen molar-refractivity contribution in [2.24, 2.45) is 10.9 Å². The molecule has 8 heteroatoms. The number of benzene rings is 1. The van der Waals surface area contributed by atoms with Crippen molar-refractivity contribution in [2.45, 2.75) is 20.0 Å². The standard InChI is InChI=1S/C12H13F3N2O3/c1-7(2)11(20-3)16-8-4-5-10(17(18)19)9(6-8)12(13,14)15/h4-7H,1-3H3/b16-11-.